The Bertz CT molecular complexity index is 331. The Hall–Kier alpha value is -1.47. The first-order chi connectivity index (χ1) is 8.01. The van der Waals surface area contributed by atoms with Gasteiger partial charge in [-0.25, -0.2) is 4.79 Å². The van der Waals surface area contributed by atoms with E-state index in [0.717, 1.165) is 0 Å². The van der Waals surface area contributed by atoms with Crippen molar-refractivity contribution in [2.75, 3.05) is 13.7 Å². The van der Waals surface area contributed by atoms with Crippen LogP contribution >= 0.6 is 0 Å². The Morgan fingerprint density at radius 3 is 2.76 bits per heavy atom. The maximum Gasteiger partial charge on any atom is 0.360 e. The summed E-state index contributed by atoms with van der Waals surface area (Å²) in [5.41, 5.74) is -1.80. The van der Waals surface area contributed by atoms with Crippen LogP contribution in [0.1, 0.15) is 13.8 Å². The fourth-order valence-corrected chi connectivity index (χ4v) is 1.49. The number of aldehydes is 1. The van der Waals surface area contributed by atoms with Gasteiger partial charge in [-0.2, -0.15) is 0 Å². The van der Waals surface area contributed by atoms with Crippen molar-refractivity contribution < 1.29 is 28.6 Å². The number of nitrogens with one attached hydrogen (secondary N) is 1. The van der Waals surface area contributed by atoms with Crippen molar-refractivity contribution in [1.82, 2.24) is 5.32 Å². The Morgan fingerprint density at radius 1 is 1.71 bits per heavy atom. The molecule has 1 heterocycles. The second-order valence-electron chi connectivity index (χ2n) is 3.56. The van der Waals surface area contributed by atoms with Gasteiger partial charge in [0.2, 0.25) is 6.29 Å². The summed E-state index contributed by atoms with van der Waals surface area (Å²) < 4.78 is 14.7. The van der Waals surface area contributed by atoms with E-state index in [1.807, 2.05) is 0 Å². The molecule has 1 aliphatic heterocycles. The van der Waals surface area contributed by atoms with E-state index in [9.17, 15) is 14.4 Å². The van der Waals surface area contributed by atoms with E-state index in [4.69, 9.17) is 14.2 Å². The molecule has 1 aliphatic rings. The molecule has 3 atom stereocenters. The number of amides is 1. The summed E-state index contributed by atoms with van der Waals surface area (Å²) in [6, 6.07) is 0. The molecule has 7 nitrogen and oxygen atoms in total. The fourth-order valence-electron chi connectivity index (χ4n) is 1.49. The Balaban J connectivity index is 3.01. The predicted molar refractivity (Wildman–Crippen MR) is 54.6 cm³/mol. The van der Waals surface area contributed by atoms with Crippen LogP contribution in [0.2, 0.25) is 0 Å². The third-order valence-corrected chi connectivity index (χ3v) is 2.45. The highest BCUT2D eigenvalue weighted by molar-refractivity contribution is 5.93. The molecule has 0 spiro atoms. The lowest BCUT2D eigenvalue weighted by molar-refractivity contribution is -0.203. The molecule has 0 aromatic carbocycles. The van der Waals surface area contributed by atoms with E-state index in [0.29, 0.717) is 6.29 Å². The second-order valence-corrected chi connectivity index (χ2v) is 3.56. The number of hydrogen-bond donors (Lipinski definition) is 1. The molecule has 3 unspecified atom stereocenters. The van der Waals surface area contributed by atoms with Gasteiger partial charge in [0.15, 0.2) is 0 Å². The van der Waals surface area contributed by atoms with Gasteiger partial charge in [-0.05, 0) is 6.92 Å². The van der Waals surface area contributed by atoms with Crippen molar-refractivity contribution in [3.8, 4) is 0 Å². The quantitative estimate of drug-likeness (QED) is 0.503. The van der Waals surface area contributed by atoms with Crippen LogP contribution in [0.3, 0.4) is 0 Å². The minimum Gasteiger partial charge on any atom is -0.462 e. The molecule has 0 saturated carbocycles. The van der Waals surface area contributed by atoms with Crippen molar-refractivity contribution in [2.24, 2.45) is 5.92 Å². The van der Waals surface area contributed by atoms with Crippen LogP contribution in [0.4, 0.5) is 0 Å². The molecule has 1 rings (SSSR count). The number of rotatable bonds is 5. The normalized spacial score (nSPS) is 29.6. The van der Waals surface area contributed by atoms with Gasteiger partial charge >= 0.3 is 5.97 Å². The Morgan fingerprint density at radius 2 is 2.35 bits per heavy atom. The maximum absolute atomic E-state index is 11.8. The van der Waals surface area contributed by atoms with Crippen molar-refractivity contribution in [1.29, 1.82) is 0 Å². The molecular weight excluding hydrogens is 230 g/mol. The largest absolute Gasteiger partial charge is 0.462 e. The zero-order valence-corrected chi connectivity index (χ0v) is 9.89. The van der Waals surface area contributed by atoms with E-state index in [1.54, 1.807) is 6.92 Å². The molecule has 96 valence electrons. The van der Waals surface area contributed by atoms with Gasteiger partial charge < -0.3 is 24.3 Å². The molecule has 0 aliphatic carbocycles. The topological polar surface area (TPSA) is 90.9 Å². The van der Waals surface area contributed by atoms with Gasteiger partial charge in [0.05, 0.1) is 12.5 Å². The molecule has 0 bridgehead atoms. The lowest BCUT2D eigenvalue weighted by atomic mass is 9.99. The molecule has 1 saturated heterocycles. The highest BCUT2D eigenvalue weighted by Gasteiger charge is 2.56. The summed E-state index contributed by atoms with van der Waals surface area (Å²) in [5.74, 6) is -2.31. The first-order valence-corrected chi connectivity index (χ1v) is 5.17. The zero-order valence-electron chi connectivity index (χ0n) is 9.89. The van der Waals surface area contributed by atoms with Crippen molar-refractivity contribution in [2.45, 2.75) is 25.9 Å². The highest BCUT2D eigenvalue weighted by atomic mass is 16.7. The van der Waals surface area contributed by atoms with Crippen LogP contribution in [0.15, 0.2) is 0 Å². The molecule has 1 fully saturated rings. The van der Waals surface area contributed by atoms with Crippen LogP contribution in [-0.4, -0.2) is 43.9 Å². The standard InChI is InChI=1S/C10H15NO6/c1-4-16-9(14)10(6(2)5-12)11-7(13)8(15-3)17-10/h5-6,8H,4H2,1-3H3,(H,11,13). The fraction of sp³-hybridized carbons (Fsp3) is 0.700. The zero-order chi connectivity index (χ0) is 13.1. The van der Waals surface area contributed by atoms with Crippen LogP contribution in [0, 0.1) is 5.92 Å². The van der Waals surface area contributed by atoms with Crippen molar-refractivity contribution >= 4 is 18.2 Å². The molecule has 0 radical (unpaired) electrons. The van der Waals surface area contributed by atoms with Gasteiger partial charge in [-0.15, -0.1) is 0 Å². The van der Waals surface area contributed by atoms with Crippen LogP contribution < -0.4 is 5.32 Å². The van der Waals surface area contributed by atoms with E-state index in [-0.39, 0.29) is 6.61 Å². The lowest BCUT2D eigenvalue weighted by Gasteiger charge is -2.28. The Labute approximate surface area is 98.4 Å². The molecule has 1 N–H and O–H groups in total. The average Bonchev–Trinajstić information content (AvgIpc) is 2.67. The number of hydrogen-bond acceptors (Lipinski definition) is 6. The first kappa shape index (κ1) is 13.6. The summed E-state index contributed by atoms with van der Waals surface area (Å²) >= 11 is 0. The smallest absolute Gasteiger partial charge is 0.360 e. The van der Waals surface area contributed by atoms with Crippen LogP contribution in [-0.2, 0) is 28.6 Å². The summed E-state index contributed by atoms with van der Waals surface area (Å²) in [6.45, 7) is 3.17. The predicted octanol–water partition coefficient (Wildman–Crippen LogP) is -0.800. The number of methoxy groups -OCH3 is 1. The van der Waals surface area contributed by atoms with Gasteiger partial charge in [0.1, 0.15) is 6.29 Å². The monoisotopic (exact) mass is 245 g/mol. The van der Waals surface area contributed by atoms with E-state index in [1.165, 1.54) is 14.0 Å². The summed E-state index contributed by atoms with van der Waals surface area (Å²) in [7, 11) is 1.26. The SMILES string of the molecule is CCOC(=O)C1(C(C)C=O)NC(=O)C(OC)O1. The van der Waals surface area contributed by atoms with Gasteiger partial charge in [-0.1, -0.05) is 6.92 Å². The molecule has 1 amide bonds. The second kappa shape index (κ2) is 5.24. The van der Waals surface area contributed by atoms with Gasteiger partial charge in [0, 0.05) is 7.11 Å². The number of ether oxygens (including phenoxy) is 3. The molecule has 0 aromatic rings. The van der Waals surface area contributed by atoms with Crippen LogP contribution in [0.5, 0.6) is 0 Å². The van der Waals surface area contributed by atoms with Crippen molar-refractivity contribution in [3.05, 3.63) is 0 Å². The van der Waals surface area contributed by atoms with Gasteiger partial charge in [-0.3, -0.25) is 4.79 Å². The van der Waals surface area contributed by atoms with E-state index in [2.05, 4.69) is 5.32 Å². The molecule has 17 heavy (non-hydrogen) atoms. The van der Waals surface area contributed by atoms with E-state index >= 15 is 0 Å². The Kier molecular flexibility index (Phi) is 4.19. The van der Waals surface area contributed by atoms with Gasteiger partial charge in [0.25, 0.3) is 11.6 Å². The minimum atomic E-state index is -1.80. The minimum absolute atomic E-state index is 0.114. The van der Waals surface area contributed by atoms with E-state index < -0.39 is 29.8 Å². The molecule has 7 heteroatoms. The molecule has 0 aromatic heterocycles. The summed E-state index contributed by atoms with van der Waals surface area (Å²) in [4.78, 5) is 34.1. The van der Waals surface area contributed by atoms with Crippen LogP contribution in [0.25, 0.3) is 0 Å². The lowest BCUT2D eigenvalue weighted by Crippen LogP contribution is -2.56. The first-order valence-electron chi connectivity index (χ1n) is 5.17. The number of carbonyl (C=O) groups excluding carboxylic acids is 3. The molecular formula is C10H15NO6. The highest BCUT2D eigenvalue weighted by Crippen LogP contribution is 2.27. The number of esters is 1. The average molecular weight is 245 g/mol. The van der Waals surface area contributed by atoms with Crippen molar-refractivity contribution in [3.63, 3.8) is 0 Å². The third kappa shape index (κ3) is 2.29. The maximum atomic E-state index is 11.8. The summed E-state index contributed by atoms with van der Waals surface area (Å²) in [6.07, 6.45) is -0.711. The third-order valence-electron chi connectivity index (χ3n) is 2.45. The summed E-state index contributed by atoms with van der Waals surface area (Å²) in [5, 5.41) is 2.31. The number of carbonyl (C=O) groups is 3.